The molecule has 4 rings (SSSR count). The van der Waals surface area contributed by atoms with Gasteiger partial charge in [-0.15, -0.1) is 0 Å². The van der Waals surface area contributed by atoms with Crippen LogP contribution < -0.4 is 5.43 Å². The Labute approximate surface area is 157 Å². The SMILES string of the molecule is Cc1cc(C(=O)N/N=C2/CC(=O)c3ccccc32)c(C)n1-c1ccccc1. The van der Waals surface area contributed by atoms with Crippen LogP contribution in [-0.2, 0) is 0 Å². The maximum Gasteiger partial charge on any atom is 0.273 e. The molecule has 2 aromatic carbocycles. The molecule has 0 aliphatic heterocycles. The van der Waals surface area contributed by atoms with Gasteiger partial charge in [-0.1, -0.05) is 42.5 Å². The van der Waals surface area contributed by atoms with Crippen molar-refractivity contribution in [3.8, 4) is 5.69 Å². The number of fused-ring (bicyclic) bond motifs is 1. The molecule has 1 aliphatic rings. The molecule has 5 heteroatoms. The van der Waals surface area contributed by atoms with E-state index in [2.05, 4.69) is 10.5 Å². The molecule has 0 fully saturated rings. The Morgan fingerprint density at radius 1 is 1.00 bits per heavy atom. The normalized spacial score (nSPS) is 14.4. The Bertz CT molecular complexity index is 1080. The number of hydrazone groups is 1. The van der Waals surface area contributed by atoms with Gasteiger partial charge in [0.25, 0.3) is 5.91 Å². The topological polar surface area (TPSA) is 63.5 Å². The number of amides is 1. The van der Waals surface area contributed by atoms with Crippen LogP contribution in [0, 0.1) is 13.8 Å². The molecular weight excluding hydrogens is 338 g/mol. The second-order valence-corrected chi connectivity index (χ2v) is 6.60. The summed E-state index contributed by atoms with van der Waals surface area (Å²) in [6.07, 6.45) is 0.211. The largest absolute Gasteiger partial charge is 0.318 e. The van der Waals surface area contributed by atoms with E-state index in [1.54, 1.807) is 6.07 Å². The minimum absolute atomic E-state index is 0.0286. The number of nitrogens with zero attached hydrogens (tertiary/aromatic N) is 2. The monoisotopic (exact) mass is 357 g/mol. The van der Waals surface area contributed by atoms with Crippen LogP contribution in [0.5, 0.6) is 0 Å². The van der Waals surface area contributed by atoms with Crippen LogP contribution in [0.4, 0.5) is 0 Å². The zero-order chi connectivity index (χ0) is 19.0. The molecule has 0 atom stereocenters. The minimum atomic E-state index is -0.283. The van der Waals surface area contributed by atoms with E-state index in [4.69, 9.17) is 0 Å². The van der Waals surface area contributed by atoms with E-state index in [0.717, 1.165) is 22.6 Å². The first-order valence-electron chi connectivity index (χ1n) is 8.80. The van der Waals surface area contributed by atoms with Crippen LogP contribution in [0.15, 0.2) is 65.8 Å². The predicted molar refractivity (Wildman–Crippen MR) is 105 cm³/mol. The van der Waals surface area contributed by atoms with E-state index in [-0.39, 0.29) is 18.1 Å². The van der Waals surface area contributed by atoms with Gasteiger partial charge in [-0.3, -0.25) is 9.59 Å². The van der Waals surface area contributed by atoms with Gasteiger partial charge < -0.3 is 4.57 Å². The molecule has 0 radical (unpaired) electrons. The first-order chi connectivity index (χ1) is 13.1. The molecule has 0 spiro atoms. The fourth-order valence-corrected chi connectivity index (χ4v) is 3.57. The predicted octanol–water partition coefficient (Wildman–Crippen LogP) is 3.81. The Morgan fingerprint density at radius 2 is 1.67 bits per heavy atom. The maximum absolute atomic E-state index is 12.7. The lowest BCUT2D eigenvalue weighted by atomic mass is 10.1. The Morgan fingerprint density at radius 3 is 2.41 bits per heavy atom. The molecule has 1 amide bonds. The van der Waals surface area contributed by atoms with Crippen LogP contribution >= 0.6 is 0 Å². The molecule has 0 bridgehead atoms. The molecule has 134 valence electrons. The Kier molecular flexibility index (Phi) is 4.20. The lowest BCUT2D eigenvalue weighted by molar-refractivity contribution is 0.0951. The summed E-state index contributed by atoms with van der Waals surface area (Å²) in [7, 11) is 0. The third kappa shape index (κ3) is 2.97. The summed E-state index contributed by atoms with van der Waals surface area (Å²) in [5.74, 6) is -0.254. The summed E-state index contributed by atoms with van der Waals surface area (Å²) in [6, 6.07) is 19.1. The van der Waals surface area contributed by atoms with Gasteiger partial charge >= 0.3 is 0 Å². The molecule has 0 saturated heterocycles. The fourth-order valence-electron chi connectivity index (χ4n) is 3.57. The highest BCUT2D eigenvalue weighted by Crippen LogP contribution is 2.23. The summed E-state index contributed by atoms with van der Waals surface area (Å²) >= 11 is 0. The van der Waals surface area contributed by atoms with E-state index in [1.165, 1.54) is 0 Å². The van der Waals surface area contributed by atoms with Crippen molar-refractivity contribution in [2.45, 2.75) is 20.3 Å². The molecule has 3 aromatic rings. The zero-order valence-corrected chi connectivity index (χ0v) is 15.2. The van der Waals surface area contributed by atoms with Crippen molar-refractivity contribution in [2.24, 2.45) is 5.10 Å². The summed E-state index contributed by atoms with van der Waals surface area (Å²) in [6.45, 7) is 3.88. The van der Waals surface area contributed by atoms with Crippen molar-refractivity contribution in [3.05, 3.63) is 88.7 Å². The molecule has 5 nitrogen and oxygen atoms in total. The third-order valence-corrected chi connectivity index (χ3v) is 4.85. The summed E-state index contributed by atoms with van der Waals surface area (Å²) in [4.78, 5) is 24.7. The number of para-hydroxylation sites is 1. The quantitative estimate of drug-likeness (QED) is 0.725. The van der Waals surface area contributed by atoms with Crippen molar-refractivity contribution >= 4 is 17.4 Å². The number of ketones is 1. The molecule has 1 aromatic heterocycles. The second kappa shape index (κ2) is 6.68. The van der Waals surface area contributed by atoms with Crippen LogP contribution in [0.2, 0.25) is 0 Å². The van der Waals surface area contributed by atoms with Gasteiger partial charge in [-0.05, 0) is 32.0 Å². The smallest absolute Gasteiger partial charge is 0.273 e. The van der Waals surface area contributed by atoms with Crippen molar-refractivity contribution in [2.75, 3.05) is 0 Å². The van der Waals surface area contributed by atoms with Crippen LogP contribution in [0.25, 0.3) is 5.69 Å². The first kappa shape index (κ1) is 17.0. The van der Waals surface area contributed by atoms with Crippen molar-refractivity contribution in [3.63, 3.8) is 0 Å². The highest BCUT2D eigenvalue weighted by Gasteiger charge is 2.25. The Balaban J connectivity index is 1.61. The summed E-state index contributed by atoms with van der Waals surface area (Å²) in [5, 5.41) is 4.23. The molecule has 0 unspecified atom stereocenters. The van der Waals surface area contributed by atoms with Gasteiger partial charge in [0, 0.05) is 28.2 Å². The highest BCUT2D eigenvalue weighted by molar-refractivity contribution is 6.26. The number of Topliss-reactive ketones (excluding diaryl/α,β-unsaturated/α-hetero) is 1. The number of carbonyl (C=O) groups excluding carboxylic acids is 2. The van der Waals surface area contributed by atoms with Gasteiger partial charge in [0.15, 0.2) is 5.78 Å². The first-order valence-corrected chi connectivity index (χ1v) is 8.80. The van der Waals surface area contributed by atoms with Gasteiger partial charge in [0.2, 0.25) is 0 Å². The third-order valence-electron chi connectivity index (χ3n) is 4.85. The average molecular weight is 357 g/mol. The van der Waals surface area contributed by atoms with Crippen LogP contribution in [0.1, 0.15) is 44.1 Å². The fraction of sp³-hybridized carbons (Fsp3) is 0.136. The van der Waals surface area contributed by atoms with Gasteiger partial charge in [0.05, 0.1) is 17.7 Å². The standard InChI is InChI=1S/C22H19N3O2/c1-14-12-19(15(2)25(14)16-8-4-3-5-9-16)22(27)24-23-20-13-21(26)18-11-7-6-10-17(18)20/h3-12H,13H2,1-2H3,(H,24,27)/b23-20-. The van der Waals surface area contributed by atoms with Crippen molar-refractivity contribution in [1.29, 1.82) is 0 Å². The number of carbonyl (C=O) groups is 2. The highest BCUT2D eigenvalue weighted by atomic mass is 16.2. The van der Waals surface area contributed by atoms with Crippen molar-refractivity contribution in [1.82, 2.24) is 9.99 Å². The number of rotatable bonds is 3. The zero-order valence-electron chi connectivity index (χ0n) is 15.2. The van der Waals surface area contributed by atoms with Crippen LogP contribution in [0.3, 0.4) is 0 Å². The molecule has 1 heterocycles. The van der Waals surface area contributed by atoms with Gasteiger partial charge in [-0.2, -0.15) is 5.10 Å². The second-order valence-electron chi connectivity index (χ2n) is 6.60. The number of hydrogen-bond acceptors (Lipinski definition) is 3. The lowest BCUT2D eigenvalue weighted by Crippen LogP contribution is -2.20. The summed E-state index contributed by atoms with van der Waals surface area (Å²) < 4.78 is 2.04. The van der Waals surface area contributed by atoms with E-state index >= 15 is 0 Å². The summed E-state index contributed by atoms with van der Waals surface area (Å²) in [5.41, 5.74) is 8.06. The maximum atomic E-state index is 12.7. The Hall–Kier alpha value is -3.47. The van der Waals surface area contributed by atoms with Gasteiger partial charge in [0.1, 0.15) is 0 Å². The van der Waals surface area contributed by atoms with E-state index < -0.39 is 0 Å². The molecule has 1 N–H and O–H groups in total. The number of nitrogens with one attached hydrogen (secondary N) is 1. The number of aryl methyl sites for hydroxylation is 1. The average Bonchev–Trinajstić information content (AvgIpc) is 3.17. The number of hydrogen-bond donors (Lipinski definition) is 1. The lowest BCUT2D eigenvalue weighted by Gasteiger charge is -2.09. The minimum Gasteiger partial charge on any atom is -0.318 e. The molecule has 0 saturated carbocycles. The van der Waals surface area contributed by atoms with Crippen molar-refractivity contribution < 1.29 is 9.59 Å². The molecule has 27 heavy (non-hydrogen) atoms. The number of aromatic nitrogens is 1. The number of benzene rings is 2. The van der Waals surface area contributed by atoms with E-state index in [0.29, 0.717) is 16.8 Å². The van der Waals surface area contributed by atoms with Crippen LogP contribution in [-0.4, -0.2) is 22.0 Å². The van der Waals surface area contributed by atoms with Gasteiger partial charge in [-0.25, -0.2) is 5.43 Å². The molecular formula is C22H19N3O2. The van der Waals surface area contributed by atoms with E-state index in [1.807, 2.05) is 73.0 Å². The van der Waals surface area contributed by atoms with E-state index in [9.17, 15) is 9.59 Å². The molecule has 1 aliphatic carbocycles.